The largest absolute Gasteiger partial charge is 0.434 e. The van der Waals surface area contributed by atoms with Crippen LogP contribution in [0.2, 0.25) is 0 Å². The number of halogens is 2. The summed E-state index contributed by atoms with van der Waals surface area (Å²) in [7, 11) is 0. The molecule has 0 radical (unpaired) electrons. The third kappa shape index (κ3) is 5.53. The lowest BCUT2D eigenvalue weighted by molar-refractivity contribution is -0.0507. The topological polar surface area (TPSA) is 30.5 Å². The molecule has 0 amide bonds. The van der Waals surface area contributed by atoms with Gasteiger partial charge in [-0.15, -0.1) is 0 Å². The fourth-order valence-corrected chi connectivity index (χ4v) is 1.90. The van der Waals surface area contributed by atoms with Crippen molar-refractivity contribution >= 4 is 0 Å². The zero-order valence-electron chi connectivity index (χ0n) is 11.5. The summed E-state index contributed by atoms with van der Waals surface area (Å²) in [5.41, 5.74) is 0.714. The molecule has 0 heterocycles. The fraction of sp³-hybridized carbons (Fsp3) is 0.571. The predicted molar refractivity (Wildman–Crippen MR) is 70.6 cm³/mol. The van der Waals surface area contributed by atoms with Gasteiger partial charge in [0, 0.05) is 24.3 Å². The van der Waals surface area contributed by atoms with Gasteiger partial charge in [0.05, 0.1) is 6.61 Å². The van der Waals surface area contributed by atoms with Crippen LogP contribution in [0.3, 0.4) is 0 Å². The molecule has 2 atom stereocenters. The second-order valence-electron chi connectivity index (χ2n) is 4.37. The molecular weight excluding hydrogens is 252 g/mol. The molecule has 0 aromatic heterocycles. The molecule has 19 heavy (non-hydrogen) atoms. The Morgan fingerprint density at radius 1 is 1.21 bits per heavy atom. The first kappa shape index (κ1) is 15.9. The lowest BCUT2D eigenvalue weighted by atomic mass is 10.1. The van der Waals surface area contributed by atoms with E-state index in [1.165, 1.54) is 0 Å². The van der Waals surface area contributed by atoms with Crippen molar-refractivity contribution < 1.29 is 18.3 Å². The second kappa shape index (κ2) is 8.07. The van der Waals surface area contributed by atoms with Gasteiger partial charge in [0.2, 0.25) is 0 Å². The molecule has 0 aliphatic rings. The van der Waals surface area contributed by atoms with Crippen molar-refractivity contribution in [2.24, 2.45) is 0 Å². The van der Waals surface area contributed by atoms with Crippen molar-refractivity contribution in [2.45, 2.75) is 39.5 Å². The Bertz CT molecular complexity index is 374. The van der Waals surface area contributed by atoms with Crippen molar-refractivity contribution in [2.75, 3.05) is 13.2 Å². The smallest absolute Gasteiger partial charge is 0.387 e. The van der Waals surface area contributed by atoms with E-state index in [2.05, 4.69) is 10.1 Å². The van der Waals surface area contributed by atoms with Crippen LogP contribution in [-0.2, 0) is 4.74 Å². The highest BCUT2D eigenvalue weighted by Gasteiger charge is 2.16. The maximum absolute atomic E-state index is 12.3. The molecule has 0 saturated carbocycles. The molecule has 0 saturated heterocycles. The molecule has 5 heteroatoms. The zero-order chi connectivity index (χ0) is 14.3. The van der Waals surface area contributed by atoms with Crippen LogP contribution in [0.1, 0.15) is 32.4 Å². The monoisotopic (exact) mass is 273 g/mol. The zero-order valence-corrected chi connectivity index (χ0v) is 11.5. The summed E-state index contributed by atoms with van der Waals surface area (Å²) in [5, 5.41) is 3.29. The van der Waals surface area contributed by atoms with E-state index < -0.39 is 6.61 Å². The average molecular weight is 273 g/mol. The van der Waals surface area contributed by atoms with E-state index in [4.69, 9.17) is 4.74 Å². The molecule has 108 valence electrons. The molecular formula is C14H21F2NO2. The lowest BCUT2D eigenvalue weighted by Crippen LogP contribution is -2.33. The van der Waals surface area contributed by atoms with Gasteiger partial charge in [-0.1, -0.05) is 18.2 Å². The highest BCUT2D eigenvalue weighted by Crippen LogP contribution is 2.26. The number of benzene rings is 1. The summed E-state index contributed by atoms with van der Waals surface area (Å²) in [6.07, 6.45) is 0. The second-order valence-corrected chi connectivity index (χ2v) is 4.37. The van der Waals surface area contributed by atoms with Crippen LogP contribution in [0.4, 0.5) is 8.78 Å². The van der Waals surface area contributed by atoms with Gasteiger partial charge in [-0.25, -0.2) is 0 Å². The van der Waals surface area contributed by atoms with Gasteiger partial charge in [-0.3, -0.25) is 0 Å². The molecule has 1 rings (SSSR count). The number of nitrogens with one attached hydrogen (secondary N) is 1. The van der Waals surface area contributed by atoms with Crippen molar-refractivity contribution in [3.8, 4) is 5.75 Å². The molecule has 0 aliphatic heterocycles. The minimum absolute atomic E-state index is 0.0922. The third-order valence-corrected chi connectivity index (χ3v) is 2.71. The lowest BCUT2D eigenvalue weighted by Gasteiger charge is -2.22. The van der Waals surface area contributed by atoms with Gasteiger partial charge in [0.1, 0.15) is 5.75 Å². The standard InChI is InChI=1S/C14H21F2NO2/c1-4-18-9-10(2)17-11(3)12-7-5-6-8-13(12)19-14(15)16/h5-8,10-11,14,17H,4,9H2,1-3H3. The van der Waals surface area contributed by atoms with Crippen molar-refractivity contribution in [1.29, 1.82) is 0 Å². The first-order chi connectivity index (χ1) is 9.04. The normalized spacial score (nSPS) is 14.4. The minimum Gasteiger partial charge on any atom is -0.434 e. The van der Waals surface area contributed by atoms with Crippen LogP contribution in [0.5, 0.6) is 5.75 Å². The highest BCUT2D eigenvalue weighted by molar-refractivity contribution is 5.35. The van der Waals surface area contributed by atoms with E-state index in [1.807, 2.05) is 20.8 Å². The summed E-state index contributed by atoms with van der Waals surface area (Å²) >= 11 is 0. The van der Waals surface area contributed by atoms with Crippen molar-refractivity contribution in [1.82, 2.24) is 5.32 Å². The number of para-hydroxylation sites is 1. The molecule has 3 nitrogen and oxygen atoms in total. The molecule has 1 aromatic carbocycles. The van der Waals surface area contributed by atoms with Crippen LogP contribution >= 0.6 is 0 Å². The van der Waals surface area contributed by atoms with E-state index in [9.17, 15) is 8.78 Å². The number of hydrogen-bond acceptors (Lipinski definition) is 3. The maximum Gasteiger partial charge on any atom is 0.387 e. The number of hydrogen-bond donors (Lipinski definition) is 1. The Balaban J connectivity index is 2.67. The number of alkyl halides is 2. The molecule has 0 spiro atoms. The van der Waals surface area contributed by atoms with Gasteiger partial charge in [-0.05, 0) is 26.8 Å². The number of rotatable bonds is 8. The van der Waals surface area contributed by atoms with Crippen LogP contribution in [-0.4, -0.2) is 25.9 Å². The molecule has 2 unspecified atom stereocenters. The van der Waals surface area contributed by atoms with Crippen molar-refractivity contribution in [3.05, 3.63) is 29.8 Å². The molecule has 1 N–H and O–H groups in total. The molecule has 0 aliphatic carbocycles. The summed E-state index contributed by atoms with van der Waals surface area (Å²) in [4.78, 5) is 0. The van der Waals surface area contributed by atoms with Gasteiger partial charge >= 0.3 is 6.61 Å². The summed E-state index contributed by atoms with van der Waals surface area (Å²) in [6.45, 7) is 4.26. The SMILES string of the molecule is CCOCC(C)NC(C)c1ccccc1OC(F)F. The Morgan fingerprint density at radius 2 is 1.89 bits per heavy atom. The minimum atomic E-state index is -2.81. The van der Waals surface area contributed by atoms with Crippen LogP contribution in [0.25, 0.3) is 0 Å². The maximum atomic E-state index is 12.3. The molecule has 0 fully saturated rings. The first-order valence-corrected chi connectivity index (χ1v) is 6.42. The van der Waals surface area contributed by atoms with Gasteiger partial charge in [0.15, 0.2) is 0 Å². The van der Waals surface area contributed by atoms with Crippen LogP contribution < -0.4 is 10.1 Å². The van der Waals surface area contributed by atoms with E-state index >= 15 is 0 Å². The Kier molecular flexibility index (Phi) is 6.73. The van der Waals surface area contributed by atoms with Crippen molar-refractivity contribution in [3.63, 3.8) is 0 Å². The summed E-state index contributed by atoms with van der Waals surface area (Å²) in [6, 6.07) is 6.85. The molecule has 0 bridgehead atoms. The van der Waals surface area contributed by atoms with Crippen LogP contribution in [0.15, 0.2) is 24.3 Å². The summed E-state index contributed by atoms with van der Waals surface area (Å²) in [5.74, 6) is 0.209. The summed E-state index contributed by atoms with van der Waals surface area (Å²) < 4.78 is 34.5. The van der Waals surface area contributed by atoms with E-state index in [0.29, 0.717) is 18.8 Å². The van der Waals surface area contributed by atoms with Gasteiger partial charge < -0.3 is 14.8 Å². The van der Waals surface area contributed by atoms with Gasteiger partial charge in [-0.2, -0.15) is 8.78 Å². The Morgan fingerprint density at radius 3 is 2.53 bits per heavy atom. The van der Waals surface area contributed by atoms with Gasteiger partial charge in [0.25, 0.3) is 0 Å². The predicted octanol–water partition coefficient (Wildman–Crippen LogP) is 3.36. The van der Waals surface area contributed by atoms with E-state index in [-0.39, 0.29) is 17.8 Å². The van der Waals surface area contributed by atoms with E-state index in [1.54, 1.807) is 24.3 Å². The van der Waals surface area contributed by atoms with Crippen LogP contribution in [0, 0.1) is 0 Å². The first-order valence-electron chi connectivity index (χ1n) is 6.42. The Hall–Kier alpha value is -1.20. The number of ether oxygens (including phenoxy) is 2. The third-order valence-electron chi connectivity index (χ3n) is 2.71. The highest BCUT2D eigenvalue weighted by atomic mass is 19.3. The fourth-order valence-electron chi connectivity index (χ4n) is 1.90. The average Bonchev–Trinajstić information content (AvgIpc) is 2.36. The Labute approximate surface area is 112 Å². The van der Waals surface area contributed by atoms with E-state index in [0.717, 1.165) is 0 Å². The molecule has 1 aromatic rings. The quantitative estimate of drug-likeness (QED) is 0.787.